The smallest absolute Gasteiger partial charge is 0.229 e. The number of anilines is 1. The molecule has 0 heterocycles. The molecule has 6 heteroatoms. The largest absolute Gasteiger partial charge is 0.294 e. The summed E-state index contributed by atoms with van der Waals surface area (Å²) in [5.41, 5.74) is 1.79. The molecule has 0 spiro atoms. The average Bonchev–Trinajstić information content (AvgIpc) is 2.37. The highest BCUT2D eigenvalue weighted by atomic mass is 35.5. The molecule has 0 unspecified atom stereocenters. The van der Waals surface area contributed by atoms with Crippen molar-refractivity contribution < 1.29 is 13.2 Å². The number of carbonyl (C=O) groups excluding carboxylic acids is 1. The van der Waals surface area contributed by atoms with Crippen molar-refractivity contribution in [2.24, 2.45) is 0 Å². The Kier molecular flexibility index (Phi) is 4.65. The van der Waals surface area contributed by atoms with E-state index in [2.05, 4.69) is 4.72 Å². The molecule has 4 nitrogen and oxygen atoms in total. The number of sulfonamides is 1. The zero-order valence-corrected chi connectivity index (χ0v) is 12.9. The number of nitrogens with one attached hydrogen (secondary N) is 1. The predicted octanol–water partition coefficient (Wildman–Crippen LogP) is 3.14. The number of rotatable bonds is 5. The van der Waals surface area contributed by atoms with Crippen LogP contribution in [0.2, 0.25) is 5.02 Å². The minimum Gasteiger partial charge on any atom is -0.294 e. The fourth-order valence-corrected chi connectivity index (χ4v) is 2.65. The zero-order chi connectivity index (χ0) is 15.5. The summed E-state index contributed by atoms with van der Waals surface area (Å²) in [5, 5.41) is 0.591. The normalized spacial score (nSPS) is 11.1. The Morgan fingerprint density at radius 1 is 1.14 bits per heavy atom. The molecule has 2 rings (SSSR count). The van der Waals surface area contributed by atoms with Crippen LogP contribution in [0.25, 0.3) is 0 Å². The second kappa shape index (κ2) is 6.28. The standard InChI is InChI=1S/C15H14ClNO3S/c1-21(19,20)17-14-7-5-12(6-8-14)15(18)10-11-3-2-4-13(16)9-11/h2-9,17H,10H2,1H3. The van der Waals surface area contributed by atoms with Gasteiger partial charge in [-0.2, -0.15) is 0 Å². The highest BCUT2D eigenvalue weighted by Gasteiger charge is 2.08. The van der Waals surface area contributed by atoms with Gasteiger partial charge in [0.15, 0.2) is 5.78 Å². The molecule has 2 aromatic carbocycles. The van der Waals surface area contributed by atoms with Crippen LogP contribution in [0.3, 0.4) is 0 Å². The number of ketones is 1. The lowest BCUT2D eigenvalue weighted by molar-refractivity contribution is 0.0993. The van der Waals surface area contributed by atoms with Gasteiger partial charge >= 0.3 is 0 Å². The lowest BCUT2D eigenvalue weighted by Gasteiger charge is -2.05. The molecule has 2 aromatic rings. The van der Waals surface area contributed by atoms with E-state index in [0.29, 0.717) is 16.3 Å². The Morgan fingerprint density at radius 2 is 1.81 bits per heavy atom. The summed E-state index contributed by atoms with van der Waals surface area (Å²) in [7, 11) is -3.31. The monoisotopic (exact) mass is 323 g/mol. The van der Waals surface area contributed by atoms with Crippen LogP contribution in [0.5, 0.6) is 0 Å². The average molecular weight is 324 g/mol. The van der Waals surface area contributed by atoms with Gasteiger partial charge in [-0.1, -0.05) is 23.7 Å². The van der Waals surface area contributed by atoms with Gasteiger partial charge in [-0.3, -0.25) is 9.52 Å². The second-order valence-corrected chi connectivity index (χ2v) is 6.87. The first-order valence-electron chi connectivity index (χ1n) is 6.19. The number of carbonyl (C=O) groups is 1. The first-order valence-corrected chi connectivity index (χ1v) is 8.46. The fourth-order valence-electron chi connectivity index (χ4n) is 1.87. The Bertz CT molecular complexity index is 755. The molecule has 0 atom stereocenters. The van der Waals surface area contributed by atoms with E-state index in [4.69, 9.17) is 11.6 Å². The number of halogens is 1. The van der Waals surface area contributed by atoms with Gasteiger partial charge in [0.2, 0.25) is 10.0 Å². The van der Waals surface area contributed by atoms with E-state index in [0.717, 1.165) is 11.8 Å². The maximum Gasteiger partial charge on any atom is 0.229 e. The maximum atomic E-state index is 12.1. The van der Waals surface area contributed by atoms with Gasteiger partial charge in [-0.15, -0.1) is 0 Å². The highest BCUT2D eigenvalue weighted by Crippen LogP contribution is 2.15. The van der Waals surface area contributed by atoms with E-state index in [9.17, 15) is 13.2 Å². The van der Waals surface area contributed by atoms with Gasteiger partial charge in [0.05, 0.1) is 6.26 Å². The van der Waals surface area contributed by atoms with Crippen LogP contribution in [0.4, 0.5) is 5.69 Å². The third-order valence-electron chi connectivity index (χ3n) is 2.76. The van der Waals surface area contributed by atoms with Gasteiger partial charge in [-0.05, 0) is 42.0 Å². The van der Waals surface area contributed by atoms with E-state index >= 15 is 0 Å². The summed E-state index contributed by atoms with van der Waals surface area (Å²) < 4.78 is 24.6. The fraction of sp³-hybridized carbons (Fsp3) is 0.133. The first kappa shape index (κ1) is 15.5. The van der Waals surface area contributed by atoms with Crippen LogP contribution in [-0.4, -0.2) is 20.5 Å². The van der Waals surface area contributed by atoms with E-state index in [1.807, 2.05) is 6.07 Å². The van der Waals surface area contributed by atoms with Gasteiger partial charge in [-0.25, -0.2) is 8.42 Å². The van der Waals surface area contributed by atoms with Crippen molar-refractivity contribution >= 4 is 33.1 Å². The molecule has 0 saturated heterocycles. The second-order valence-electron chi connectivity index (χ2n) is 4.68. The van der Waals surface area contributed by atoms with Crippen molar-refractivity contribution in [1.82, 2.24) is 0 Å². The summed E-state index contributed by atoms with van der Waals surface area (Å²) in [4.78, 5) is 12.1. The van der Waals surface area contributed by atoms with Gasteiger partial charge in [0, 0.05) is 22.7 Å². The first-order chi connectivity index (χ1) is 9.83. The molecule has 21 heavy (non-hydrogen) atoms. The topological polar surface area (TPSA) is 63.2 Å². The summed E-state index contributed by atoms with van der Waals surface area (Å²) in [5.74, 6) is -0.0526. The summed E-state index contributed by atoms with van der Waals surface area (Å²) in [6.45, 7) is 0. The SMILES string of the molecule is CS(=O)(=O)Nc1ccc(C(=O)Cc2cccc(Cl)c2)cc1. The highest BCUT2D eigenvalue weighted by molar-refractivity contribution is 7.92. The zero-order valence-electron chi connectivity index (χ0n) is 11.3. The lowest BCUT2D eigenvalue weighted by atomic mass is 10.0. The number of hydrogen-bond donors (Lipinski definition) is 1. The number of Topliss-reactive ketones (excluding diaryl/α,β-unsaturated/α-hetero) is 1. The Balaban J connectivity index is 2.10. The van der Waals surface area contributed by atoms with Crippen LogP contribution in [0.1, 0.15) is 15.9 Å². The van der Waals surface area contributed by atoms with Crippen molar-refractivity contribution in [1.29, 1.82) is 0 Å². The van der Waals surface area contributed by atoms with E-state index < -0.39 is 10.0 Å². The van der Waals surface area contributed by atoms with Crippen LogP contribution in [0, 0.1) is 0 Å². The number of hydrogen-bond acceptors (Lipinski definition) is 3. The molecule has 0 radical (unpaired) electrons. The summed E-state index contributed by atoms with van der Waals surface area (Å²) in [6.07, 6.45) is 1.32. The van der Waals surface area contributed by atoms with E-state index in [1.54, 1.807) is 42.5 Å². The van der Waals surface area contributed by atoms with Gasteiger partial charge < -0.3 is 0 Å². The minimum atomic E-state index is -3.31. The van der Waals surface area contributed by atoms with Crippen LogP contribution >= 0.6 is 11.6 Å². The van der Waals surface area contributed by atoms with Gasteiger partial charge in [0.25, 0.3) is 0 Å². The Morgan fingerprint density at radius 3 is 2.38 bits per heavy atom. The molecular formula is C15H14ClNO3S. The lowest BCUT2D eigenvalue weighted by Crippen LogP contribution is -2.10. The van der Waals surface area contributed by atoms with E-state index in [-0.39, 0.29) is 12.2 Å². The summed E-state index contributed by atoms with van der Waals surface area (Å²) >= 11 is 5.88. The molecule has 0 aliphatic rings. The predicted molar refractivity (Wildman–Crippen MR) is 84.4 cm³/mol. The molecule has 0 aliphatic heterocycles. The minimum absolute atomic E-state index is 0.0526. The van der Waals surface area contributed by atoms with Crippen LogP contribution in [0.15, 0.2) is 48.5 Å². The molecule has 0 aliphatic carbocycles. The molecule has 0 aromatic heterocycles. The Hall–Kier alpha value is -1.85. The molecule has 0 amide bonds. The van der Waals surface area contributed by atoms with Crippen molar-refractivity contribution in [3.8, 4) is 0 Å². The summed E-state index contributed by atoms with van der Waals surface area (Å²) in [6, 6.07) is 13.5. The van der Waals surface area contributed by atoms with Crippen molar-refractivity contribution in [2.75, 3.05) is 11.0 Å². The quantitative estimate of drug-likeness (QED) is 0.860. The third-order valence-corrected chi connectivity index (χ3v) is 3.61. The van der Waals surface area contributed by atoms with Crippen molar-refractivity contribution in [3.05, 3.63) is 64.7 Å². The van der Waals surface area contributed by atoms with Crippen molar-refractivity contribution in [3.63, 3.8) is 0 Å². The molecule has 0 fully saturated rings. The molecule has 110 valence electrons. The van der Waals surface area contributed by atoms with Crippen molar-refractivity contribution in [2.45, 2.75) is 6.42 Å². The molecular weight excluding hydrogens is 310 g/mol. The van der Waals surface area contributed by atoms with Crippen LogP contribution in [-0.2, 0) is 16.4 Å². The Labute approximate surface area is 128 Å². The van der Waals surface area contributed by atoms with E-state index in [1.165, 1.54) is 0 Å². The molecule has 0 saturated carbocycles. The van der Waals surface area contributed by atoms with Gasteiger partial charge in [0.1, 0.15) is 0 Å². The van der Waals surface area contributed by atoms with Crippen LogP contribution < -0.4 is 4.72 Å². The maximum absolute atomic E-state index is 12.1. The molecule has 1 N–H and O–H groups in total. The number of benzene rings is 2. The molecule has 0 bridgehead atoms. The third kappa shape index (κ3) is 4.88.